The number of methoxy groups -OCH3 is 1. The monoisotopic (exact) mass is 403 g/mol. The number of benzene rings is 1. The minimum Gasteiger partial charge on any atom is -0.465 e. The second-order valence-corrected chi connectivity index (χ2v) is 8.11. The van der Waals surface area contributed by atoms with Crippen LogP contribution >= 0.6 is 23.1 Å². The number of carbonyl (C=O) groups is 2. The third kappa shape index (κ3) is 3.86. The zero-order chi connectivity index (χ0) is 19.6. The minimum atomic E-state index is -0.437. The maximum absolute atomic E-state index is 12.5. The molecule has 0 unspecified atom stereocenters. The fraction of sp³-hybridized carbons (Fsp3) is 0.316. The lowest BCUT2D eigenvalue weighted by Crippen LogP contribution is -2.16. The van der Waals surface area contributed by atoms with Crippen molar-refractivity contribution in [1.29, 1.82) is 0 Å². The van der Waals surface area contributed by atoms with E-state index in [9.17, 15) is 9.59 Å². The van der Waals surface area contributed by atoms with E-state index in [2.05, 4.69) is 21.8 Å². The Labute approximate surface area is 165 Å². The largest absolute Gasteiger partial charge is 0.465 e. The first kappa shape index (κ1) is 19.4. The first-order chi connectivity index (χ1) is 13.0. The van der Waals surface area contributed by atoms with E-state index in [1.807, 2.05) is 38.1 Å². The molecule has 6 nitrogen and oxygen atoms in total. The van der Waals surface area contributed by atoms with Gasteiger partial charge in [0, 0.05) is 11.4 Å². The second-order valence-electron chi connectivity index (χ2n) is 5.94. The van der Waals surface area contributed by atoms with Crippen LogP contribution in [0.15, 0.2) is 29.4 Å². The van der Waals surface area contributed by atoms with Crippen molar-refractivity contribution in [1.82, 2.24) is 9.55 Å². The van der Waals surface area contributed by atoms with Crippen molar-refractivity contribution < 1.29 is 14.3 Å². The van der Waals surface area contributed by atoms with Crippen LogP contribution in [0.4, 0.5) is 5.00 Å². The summed E-state index contributed by atoms with van der Waals surface area (Å²) in [4.78, 5) is 30.1. The van der Waals surface area contributed by atoms with Gasteiger partial charge in [0.05, 0.1) is 29.5 Å². The van der Waals surface area contributed by atoms with Crippen LogP contribution in [0, 0.1) is 13.8 Å². The molecular weight excluding hydrogens is 382 g/mol. The van der Waals surface area contributed by atoms with Gasteiger partial charge in [-0.15, -0.1) is 11.3 Å². The summed E-state index contributed by atoms with van der Waals surface area (Å²) in [7, 11) is 1.34. The molecule has 0 saturated heterocycles. The number of amides is 1. The molecule has 27 heavy (non-hydrogen) atoms. The zero-order valence-electron chi connectivity index (χ0n) is 15.7. The molecule has 8 heteroatoms. The minimum absolute atomic E-state index is 0.180. The van der Waals surface area contributed by atoms with Crippen LogP contribution in [0.2, 0.25) is 0 Å². The van der Waals surface area contributed by atoms with Gasteiger partial charge in [0.1, 0.15) is 5.00 Å². The van der Waals surface area contributed by atoms with Crippen LogP contribution in [0.5, 0.6) is 0 Å². The number of hydrogen-bond donors (Lipinski definition) is 1. The van der Waals surface area contributed by atoms with Crippen molar-refractivity contribution in [3.63, 3.8) is 0 Å². The number of anilines is 1. The molecule has 1 amide bonds. The number of carbonyl (C=O) groups excluding carboxylic acids is 2. The number of nitrogens with one attached hydrogen (secondary N) is 1. The number of rotatable bonds is 6. The van der Waals surface area contributed by atoms with Gasteiger partial charge in [-0.05, 0) is 38.5 Å². The van der Waals surface area contributed by atoms with E-state index in [-0.39, 0.29) is 11.7 Å². The van der Waals surface area contributed by atoms with Crippen molar-refractivity contribution in [3.05, 3.63) is 40.3 Å². The molecule has 1 aromatic carbocycles. The number of ether oxygens (including phenoxy) is 1. The molecule has 0 spiro atoms. The van der Waals surface area contributed by atoms with Crippen molar-refractivity contribution in [2.24, 2.45) is 0 Å². The molecule has 0 aliphatic carbocycles. The smallest absolute Gasteiger partial charge is 0.341 e. The normalized spacial score (nSPS) is 11.0. The Hall–Kier alpha value is -2.32. The Balaban J connectivity index is 1.75. The highest BCUT2D eigenvalue weighted by atomic mass is 32.2. The molecule has 0 atom stereocenters. The molecule has 0 aliphatic rings. The number of imidazole rings is 1. The SMILES string of the molecule is CCn1c(SCC(=O)Nc2sc(C)c(C)c2C(=O)OC)nc2ccccc21. The maximum Gasteiger partial charge on any atom is 0.341 e. The Morgan fingerprint density at radius 1 is 1.30 bits per heavy atom. The van der Waals surface area contributed by atoms with E-state index in [4.69, 9.17) is 4.74 Å². The van der Waals surface area contributed by atoms with Crippen LogP contribution < -0.4 is 5.32 Å². The maximum atomic E-state index is 12.5. The van der Waals surface area contributed by atoms with Gasteiger partial charge in [-0.1, -0.05) is 23.9 Å². The first-order valence-corrected chi connectivity index (χ1v) is 10.3. The summed E-state index contributed by atoms with van der Waals surface area (Å²) in [6.45, 7) is 6.60. The first-order valence-electron chi connectivity index (χ1n) is 8.52. The van der Waals surface area contributed by atoms with Crippen LogP contribution in [-0.2, 0) is 16.1 Å². The molecule has 1 N–H and O–H groups in total. The number of aryl methyl sites for hydroxylation is 2. The Morgan fingerprint density at radius 3 is 2.74 bits per heavy atom. The summed E-state index contributed by atoms with van der Waals surface area (Å²) >= 11 is 2.77. The third-order valence-corrected chi connectivity index (χ3v) is 6.39. The number of fused-ring (bicyclic) bond motifs is 1. The van der Waals surface area contributed by atoms with Crippen LogP contribution in [0.25, 0.3) is 11.0 Å². The standard InChI is InChI=1S/C19H21N3O3S2/c1-5-22-14-9-7-6-8-13(14)20-19(22)26-10-15(23)21-17-16(18(24)25-4)11(2)12(3)27-17/h6-9H,5,10H2,1-4H3,(H,21,23). The van der Waals surface area contributed by atoms with Gasteiger partial charge < -0.3 is 14.6 Å². The topological polar surface area (TPSA) is 73.2 Å². The Bertz CT molecular complexity index is 1010. The van der Waals surface area contributed by atoms with Crippen molar-refractivity contribution in [2.45, 2.75) is 32.5 Å². The summed E-state index contributed by atoms with van der Waals surface area (Å²) in [5.41, 5.74) is 3.24. The van der Waals surface area contributed by atoms with Gasteiger partial charge in [-0.25, -0.2) is 9.78 Å². The van der Waals surface area contributed by atoms with E-state index in [0.717, 1.165) is 33.2 Å². The Morgan fingerprint density at radius 2 is 2.04 bits per heavy atom. The third-order valence-electron chi connectivity index (χ3n) is 4.30. The highest BCUT2D eigenvalue weighted by molar-refractivity contribution is 7.99. The number of thioether (sulfide) groups is 1. The van der Waals surface area contributed by atoms with Gasteiger partial charge in [0.25, 0.3) is 0 Å². The predicted molar refractivity (Wildman–Crippen MR) is 110 cm³/mol. The van der Waals surface area contributed by atoms with Crippen LogP contribution in [0.3, 0.4) is 0 Å². The molecule has 0 aliphatic heterocycles. The lowest BCUT2D eigenvalue weighted by Gasteiger charge is -2.07. The van der Waals surface area contributed by atoms with E-state index in [0.29, 0.717) is 10.6 Å². The number of para-hydroxylation sites is 2. The lowest BCUT2D eigenvalue weighted by molar-refractivity contribution is -0.113. The molecule has 0 fully saturated rings. The summed E-state index contributed by atoms with van der Waals surface area (Å²) < 4.78 is 6.93. The van der Waals surface area contributed by atoms with Gasteiger partial charge in [-0.3, -0.25) is 4.79 Å². The summed E-state index contributed by atoms with van der Waals surface area (Å²) in [6, 6.07) is 7.92. The van der Waals surface area contributed by atoms with E-state index < -0.39 is 5.97 Å². The molecular formula is C19H21N3O3S2. The van der Waals surface area contributed by atoms with E-state index >= 15 is 0 Å². The van der Waals surface area contributed by atoms with Gasteiger partial charge in [-0.2, -0.15) is 0 Å². The average Bonchev–Trinajstić information content (AvgIpc) is 3.16. The fourth-order valence-electron chi connectivity index (χ4n) is 2.82. The number of esters is 1. The van der Waals surface area contributed by atoms with Gasteiger partial charge in [0.15, 0.2) is 5.16 Å². The van der Waals surface area contributed by atoms with Crippen molar-refractivity contribution >= 4 is 51.0 Å². The summed E-state index contributed by atoms with van der Waals surface area (Å²) in [5.74, 6) is -0.409. The number of thiophene rings is 1. The van der Waals surface area contributed by atoms with Crippen molar-refractivity contribution in [2.75, 3.05) is 18.2 Å². The lowest BCUT2D eigenvalue weighted by atomic mass is 10.1. The molecule has 0 radical (unpaired) electrons. The highest BCUT2D eigenvalue weighted by Crippen LogP contribution is 2.33. The number of hydrogen-bond acceptors (Lipinski definition) is 6. The Kier molecular flexibility index (Phi) is 5.86. The average molecular weight is 404 g/mol. The highest BCUT2D eigenvalue weighted by Gasteiger charge is 2.22. The van der Waals surface area contributed by atoms with Crippen LogP contribution in [0.1, 0.15) is 27.7 Å². The predicted octanol–water partition coefficient (Wildman–Crippen LogP) is 4.25. The number of aromatic nitrogens is 2. The zero-order valence-corrected chi connectivity index (χ0v) is 17.3. The molecule has 0 saturated carbocycles. The van der Waals surface area contributed by atoms with E-state index in [1.165, 1.54) is 30.2 Å². The molecule has 2 aromatic heterocycles. The van der Waals surface area contributed by atoms with Gasteiger partial charge >= 0.3 is 5.97 Å². The molecule has 142 valence electrons. The quantitative estimate of drug-likeness (QED) is 0.492. The number of nitrogens with zero attached hydrogens (tertiary/aromatic N) is 2. The second kappa shape index (κ2) is 8.14. The molecule has 2 heterocycles. The summed E-state index contributed by atoms with van der Waals surface area (Å²) in [5, 5.41) is 4.19. The van der Waals surface area contributed by atoms with Crippen LogP contribution in [-0.4, -0.2) is 34.3 Å². The molecule has 3 aromatic rings. The van der Waals surface area contributed by atoms with E-state index in [1.54, 1.807) is 0 Å². The fourth-order valence-corrected chi connectivity index (χ4v) is 4.77. The molecule has 3 rings (SSSR count). The molecule has 0 bridgehead atoms. The van der Waals surface area contributed by atoms with Gasteiger partial charge in [0.2, 0.25) is 5.91 Å². The van der Waals surface area contributed by atoms with Crippen molar-refractivity contribution in [3.8, 4) is 0 Å². The summed E-state index contributed by atoms with van der Waals surface area (Å²) in [6.07, 6.45) is 0.